The van der Waals surface area contributed by atoms with Crippen molar-refractivity contribution in [3.8, 4) is 40.4 Å². The summed E-state index contributed by atoms with van der Waals surface area (Å²) < 4.78 is 19.4. The number of ether oxygens (including phenoxy) is 3. The maximum absolute atomic E-state index is 13.9. The van der Waals surface area contributed by atoms with Crippen molar-refractivity contribution in [2.45, 2.75) is 32.2 Å². The van der Waals surface area contributed by atoms with Gasteiger partial charge in [0.2, 0.25) is 0 Å². The molecule has 0 bridgehead atoms. The summed E-state index contributed by atoms with van der Waals surface area (Å²) in [6.45, 7) is 1.89. The van der Waals surface area contributed by atoms with E-state index in [1.165, 1.54) is 41.7 Å². The van der Waals surface area contributed by atoms with Crippen molar-refractivity contribution in [1.82, 2.24) is 24.8 Å². The van der Waals surface area contributed by atoms with Gasteiger partial charge in [-0.2, -0.15) is 4.68 Å². The summed E-state index contributed by atoms with van der Waals surface area (Å²) in [5, 5.41) is 42.2. The number of esters is 1. The first-order valence-corrected chi connectivity index (χ1v) is 13.9. The van der Waals surface area contributed by atoms with E-state index in [9.17, 15) is 24.9 Å². The lowest BCUT2D eigenvalue weighted by Crippen LogP contribution is -2.29. The lowest BCUT2D eigenvalue weighted by molar-refractivity contribution is -0.140. The number of hydrogen-bond acceptors (Lipinski definition) is 11. The summed E-state index contributed by atoms with van der Waals surface area (Å²) in [5.41, 5.74) is 1.86. The zero-order valence-corrected chi connectivity index (χ0v) is 24.7. The van der Waals surface area contributed by atoms with Gasteiger partial charge in [0, 0.05) is 18.2 Å². The summed E-state index contributed by atoms with van der Waals surface area (Å²) in [5.74, 6) is -1.74. The lowest BCUT2D eigenvalue weighted by Gasteiger charge is -2.21. The minimum Gasteiger partial charge on any atom is -0.507 e. The molecule has 3 aromatic carbocycles. The Bertz CT molecular complexity index is 1890. The number of benzene rings is 3. The number of aromatic hydroxyl groups is 3. The van der Waals surface area contributed by atoms with E-state index in [1.54, 1.807) is 31.2 Å². The fourth-order valence-electron chi connectivity index (χ4n) is 5.03. The number of aromatic nitrogens is 5. The smallest absolute Gasteiger partial charge is 0.346 e. The van der Waals surface area contributed by atoms with E-state index >= 15 is 0 Å². The number of tetrazole rings is 1. The quantitative estimate of drug-likeness (QED) is 0.145. The Morgan fingerprint density at radius 2 is 1.69 bits per heavy atom. The molecule has 5 aromatic rings. The van der Waals surface area contributed by atoms with Crippen LogP contribution in [0.3, 0.4) is 0 Å². The maximum Gasteiger partial charge on any atom is 0.346 e. The van der Waals surface area contributed by atoms with Gasteiger partial charge in [-0.25, -0.2) is 0 Å². The molecule has 45 heavy (non-hydrogen) atoms. The fraction of sp³-hybridized carbons (Fsp3) is 0.219. The Kier molecular flexibility index (Phi) is 8.98. The molecule has 0 saturated carbocycles. The van der Waals surface area contributed by atoms with Crippen molar-refractivity contribution >= 4 is 5.97 Å². The van der Waals surface area contributed by atoms with Gasteiger partial charge in [-0.1, -0.05) is 35.4 Å². The van der Waals surface area contributed by atoms with Crippen molar-refractivity contribution in [2.24, 2.45) is 0 Å². The van der Waals surface area contributed by atoms with E-state index in [-0.39, 0.29) is 53.3 Å². The van der Waals surface area contributed by atoms with Crippen LogP contribution in [-0.2, 0) is 22.5 Å². The largest absolute Gasteiger partial charge is 0.507 e. The third kappa shape index (κ3) is 6.56. The molecule has 2 heterocycles. The van der Waals surface area contributed by atoms with Crippen molar-refractivity contribution in [2.75, 3.05) is 14.2 Å². The number of phenols is 2. The number of aryl methyl sites for hydroxylation is 2. The second kappa shape index (κ2) is 13.2. The number of carbonyl (C=O) groups excluding carboxylic acids is 1. The van der Waals surface area contributed by atoms with Gasteiger partial charge in [0.15, 0.2) is 23.0 Å². The number of pyridine rings is 1. The Morgan fingerprint density at radius 1 is 0.911 bits per heavy atom. The van der Waals surface area contributed by atoms with Crippen LogP contribution in [0.25, 0.3) is 5.69 Å². The topological polar surface area (TPSA) is 171 Å². The van der Waals surface area contributed by atoms with E-state index in [0.717, 1.165) is 0 Å². The number of rotatable bonds is 11. The number of phenolic OH excluding ortho intramolecular Hbond substituents is 2. The fourth-order valence-corrected chi connectivity index (χ4v) is 5.03. The molecule has 0 saturated heterocycles. The van der Waals surface area contributed by atoms with Crippen LogP contribution in [0, 0.1) is 6.92 Å². The number of para-hydroxylation sites is 1. The van der Waals surface area contributed by atoms with Gasteiger partial charge in [-0.15, -0.1) is 0 Å². The Balaban J connectivity index is 1.51. The second-order valence-electron chi connectivity index (χ2n) is 10.2. The van der Waals surface area contributed by atoms with Crippen LogP contribution < -0.4 is 15.0 Å². The van der Waals surface area contributed by atoms with Gasteiger partial charge in [0.1, 0.15) is 5.75 Å². The molecule has 1 atom stereocenters. The summed E-state index contributed by atoms with van der Waals surface area (Å²) in [6.07, 6.45) is 0.104. The highest BCUT2D eigenvalue weighted by Crippen LogP contribution is 2.38. The first-order chi connectivity index (χ1) is 21.7. The Hall–Kier alpha value is -5.85. The van der Waals surface area contributed by atoms with E-state index < -0.39 is 17.4 Å². The molecule has 3 N–H and O–H groups in total. The van der Waals surface area contributed by atoms with Crippen LogP contribution in [-0.4, -0.2) is 60.3 Å². The van der Waals surface area contributed by atoms with E-state index in [4.69, 9.17) is 14.2 Å². The molecule has 0 aliphatic rings. The molecule has 0 spiro atoms. The highest BCUT2D eigenvalue weighted by atomic mass is 16.5. The molecule has 0 radical (unpaired) electrons. The van der Waals surface area contributed by atoms with E-state index in [2.05, 4.69) is 15.5 Å². The average molecular weight is 614 g/mol. The third-order valence-electron chi connectivity index (χ3n) is 7.37. The first-order valence-electron chi connectivity index (χ1n) is 13.9. The SMILES string of the molecule is COC(=O)C[C@H](c1ccc(Oc2nnnn2-c2ccccc2)c(OC)c1)c1c(O)cc(C)n(CCc2ccc(O)c(O)c2)c1=O. The van der Waals surface area contributed by atoms with Crippen molar-refractivity contribution < 1.29 is 34.3 Å². The Morgan fingerprint density at radius 3 is 2.40 bits per heavy atom. The third-order valence-corrected chi connectivity index (χ3v) is 7.37. The van der Waals surface area contributed by atoms with E-state index in [1.807, 2.05) is 30.3 Å². The van der Waals surface area contributed by atoms with Gasteiger partial charge < -0.3 is 34.1 Å². The molecule has 0 aliphatic heterocycles. The summed E-state index contributed by atoms with van der Waals surface area (Å²) in [4.78, 5) is 26.5. The highest BCUT2D eigenvalue weighted by Gasteiger charge is 2.28. The molecule has 5 rings (SSSR count). The second-order valence-corrected chi connectivity index (χ2v) is 10.2. The lowest BCUT2D eigenvalue weighted by atomic mass is 9.88. The minimum atomic E-state index is -0.910. The standard InChI is InChI=1S/C32H31N5O8/c1-19-15-26(40)30(31(42)36(19)14-13-20-9-11-24(38)25(39)16-20)23(18-29(41)44-3)21-10-12-27(28(17-21)43-2)45-32-33-34-35-37(32)22-7-5-4-6-8-22/h4-12,15-17,23,38-40H,13-14,18H2,1-3H3/t23-/m1/s1. The molecule has 13 nitrogen and oxygen atoms in total. The number of carbonyl (C=O) groups is 1. The van der Waals surface area contributed by atoms with Crippen LogP contribution in [0.4, 0.5) is 0 Å². The molecule has 0 fully saturated rings. The van der Waals surface area contributed by atoms with Gasteiger partial charge in [-0.05, 0) is 77.4 Å². The molecule has 2 aromatic heterocycles. The molecule has 0 amide bonds. The normalized spacial score (nSPS) is 11.6. The molecule has 13 heteroatoms. The molecular weight excluding hydrogens is 582 g/mol. The zero-order valence-electron chi connectivity index (χ0n) is 24.7. The monoisotopic (exact) mass is 613 g/mol. The number of hydrogen-bond donors (Lipinski definition) is 3. The summed E-state index contributed by atoms with van der Waals surface area (Å²) in [7, 11) is 2.69. The van der Waals surface area contributed by atoms with Crippen LogP contribution >= 0.6 is 0 Å². The highest BCUT2D eigenvalue weighted by molar-refractivity contribution is 5.72. The molecule has 0 aliphatic carbocycles. The van der Waals surface area contributed by atoms with Crippen molar-refractivity contribution in [3.05, 3.63) is 106 Å². The number of methoxy groups -OCH3 is 2. The van der Waals surface area contributed by atoms with Gasteiger partial charge in [0.25, 0.3) is 5.56 Å². The molecule has 0 unspecified atom stereocenters. The van der Waals surface area contributed by atoms with Crippen LogP contribution in [0.1, 0.15) is 34.7 Å². The Labute approximate surface area is 257 Å². The predicted octanol–water partition coefficient (Wildman–Crippen LogP) is 3.99. The first kappa shape index (κ1) is 30.6. The summed E-state index contributed by atoms with van der Waals surface area (Å²) >= 11 is 0. The van der Waals surface area contributed by atoms with Crippen LogP contribution in [0.15, 0.2) is 77.6 Å². The molecular formula is C32H31N5O8. The van der Waals surface area contributed by atoms with Gasteiger partial charge in [-0.3, -0.25) is 9.59 Å². The predicted molar refractivity (Wildman–Crippen MR) is 161 cm³/mol. The number of nitrogens with zero attached hydrogens (tertiary/aromatic N) is 5. The maximum atomic E-state index is 13.9. The average Bonchev–Trinajstić information content (AvgIpc) is 3.50. The van der Waals surface area contributed by atoms with Crippen LogP contribution in [0.2, 0.25) is 0 Å². The van der Waals surface area contributed by atoms with Crippen molar-refractivity contribution in [1.29, 1.82) is 0 Å². The van der Waals surface area contributed by atoms with Gasteiger partial charge in [0.05, 0.1) is 31.9 Å². The summed E-state index contributed by atoms with van der Waals surface area (Å²) in [6, 6.07) is 20.0. The van der Waals surface area contributed by atoms with Gasteiger partial charge >= 0.3 is 12.0 Å². The van der Waals surface area contributed by atoms with Crippen LogP contribution in [0.5, 0.6) is 34.8 Å². The minimum absolute atomic E-state index is 0.00305. The zero-order chi connectivity index (χ0) is 32.1. The molecule has 232 valence electrons. The van der Waals surface area contributed by atoms with E-state index in [0.29, 0.717) is 28.9 Å². The van der Waals surface area contributed by atoms with Crippen molar-refractivity contribution in [3.63, 3.8) is 0 Å².